The predicted octanol–water partition coefficient (Wildman–Crippen LogP) is 8.15. The van der Waals surface area contributed by atoms with Gasteiger partial charge in [0.2, 0.25) is 0 Å². The number of rotatable bonds is 7. The van der Waals surface area contributed by atoms with Gasteiger partial charge in [0.15, 0.2) is 12.1 Å². The highest BCUT2D eigenvalue weighted by Gasteiger charge is 2.41. The monoisotopic (exact) mass is 602 g/mol. The van der Waals surface area contributed by atoms with Crippen molar-refractivity contribution in [1.29, 1.82) is 0 Å². The number of aromatic nitrogens is 5. The fourth-order valence-electron chi connectivity index (χ4n) is 6.85. The molecule has 1 saturated heterocycles. The third-order valence-electron chi connectivity index (χ3n) is 9.01. The first-order valence-electron chi connectivity index (χ1n) is 15.8. The molecule has 2 aromatic heterocycles. The van der Waals surface area contributed by atoms with Crippen LogP contribution in [0.1, 0.15) is 48.0 Å². The topological polar surface area (TPSA) is 94.6 Å². The maximum atomic E-state index is 6.21. The van der Waals surface area contributed by atoms with Crippen molar-refractivity contribution in [3.8, 4) is 22.6 Å². The van der Waals surface area contributed by atoms with Gasteiger partial charge in [-0.15, -0.1) is 0 Å². The Morgan fingerprint density at radius 3 is 2.00 bits per heavy atom. The third-order valence-corrected chi connectivity index (χ3v) is 9.01. The number of nitrogens with two attached hydrogens (primary N) is 1. The van der Waals surface area contributed by atoms with Crippen molar-refractivity contribution in [2.24, 2.45) is 0 Å². The number of hydrogen-bond acceptors (Lipinski definition) is 5. The molecule has 1 unspecified atom stereocenters. The molecule has 0 amide bonds. The summed E-state index contributed by atoms with van der Waals surface area (Å²) in [5, 5.41) is 14.3. The Kier molecular flexibility index (Phi) is 7.15. The van der Waals surface area contributed by atoms with Crippen LogP contribution in [0.15, 0.2) is 133 Å². The van der Waals surface area contributed by atoms with Gasteiger partial charge in [-0.1, -0.05) is 103 Å². The minimum absolute atomic E-state index is 0.102. The molecule has 0 radical (unpaired) electrons. The molecule has 8 rings (SSSR count). The second kappa shape index (κ2) is 11.8. The Balaban J connectivity index is 1.31. The smallest absolute Gasteiger partial charge is 0.181 e. The van der Waals surface area contributed by atoms with Crippen molar-refractivity contribution in [2.45, 2.75) is 30.9 Å². The molecule has 1 aliphatic heterocycles. The van der Waals surface area contributed by atoms with E-state index in [2.05, 4.69) is 102 Å². The van der Waals surface area contributed by atoms with Gasteiger partial charge in [0.25, 0.3) is 0 Å². The summed E-state index contributed by atoms with van der Waals surface area (Å²) in [6.45, 7) is 0.740. The molecule has 226 valence electrons. The number of H-pyrrole nitrogens is 1. The second-order valence-electron chi connectivity index (χ2n) is 11.8. The van der Waals surface area contributed by atoms with E-state index in [9.17, 15) is 0 Å². The number of nitrogen functional groups attached to an aromatic ring is 1. The molecule has 0 spiro atoms. The van der Waals surface area contributed by atoms with Crippen LogP contribution in [0.5, 0.6) is 0 Å². The van der Waals surface area contributed by atoms with Crippen molar-refractivity contribution in [3.05, 3.63) is 156 Å². The van der Waals surface area contributed by atoms with Crippen LogP contribution < -0.4 is 5.73 Å². The first-order valence-corrected chi connectivity index (χ1v) is 15.8. The van der Waals surface area contributed by atoms with Crippen molar-refractivity contribution in [1.82, 2.24) is 25.0 Å². The van der Waals surface area contributed by atoms with E-state index in [4.69, 9.17) is 25.7 Å². The zero-order chi connectivity index (χ0) is 30.9. The molecule has 3 N–H and O–H groups in total. The average Bonchev–Trinajstić information content (AvgIpc) is 3.77. The molecule has 0 aliphatic carbocycles. The molecule has 0 saturated carbocycles. The normalized spacial score (nSPS) is 15.3. The van der Waals surface area contributed by atoms with Gasteiger partial charge in [0.1, 0.15) is 16.9 Å². The molecule has 7 aromatic rings. The van der Waals surface area contributed by atoms with E-state index in [-0.39, 0.29) is 6.23 Å². The van der Waals surface area contributed by atoms with Crippen LogP contribution in [0.4, 0.5) is 5.69 Å². The van der Waals surface area contributed by atoms with Gasteiger partial charge in [0, 0.05) is 28.8 Å². The van der Waals surface area contributed by atoms with Gasteiger partial charge < -0.3 is 10.5 Å². The average molecular weight is 603 g/mol. The lowest BCUT2D eigenvalue weighted by Gasteiger charge is -2.33. The Labute approximate surface area is 267 Å². The van der Waals surface area contributed by atoms with Crippen LogP contribution in [0, 0.1) is 0 Å². The number of nitrogens with one attached hydrogen (secondary N) is 1. The highest BCUT2D eigenvalue weighted by atomic mass is 16.5. The van der Waals surface area contributed by atoms with Crippen LogP contribution in [0.25, 0.3) is 33.5 Å². The molecular weight excluding hydrogens is 568 g/mol. The zero-order valence-corrected chi connectivity index (χ0v) is 25.4. The molecule has 46 heavy (non-hydrogen) atoms. The summed E-state index contributed by atoms with van der Waals surface area (Å²) in [4.78, 5) is 5.26. The van der Waals surface area contributed by atoms with E-state index in [0.29, 0.717) is 11.5 Å². The van der Waals surface area contributed by atoms with Crippen molar-refractivity contribution >= 4 is 16.6 Å². The number of nitrogens with zero attached hydrogens (tertiary/aromatic N) is 4. The second-order valence-corrected chi connectivity index (χ2v) is 11.8. The summed E-state index contributed by atoms with van der Waals surface area (Å²) in [6.07, 6.45) is 3.02. The highest BCUT2D eigenvalue weighted by Crippen LogP contribution is 2.44. The van der Waals surface area contributed by atoms with Crippen molar-refractivity contribution in [3.63, 3.8) is 0 Å². The Hall–Kier alpha value is -5.53. The molecule has 3 heterocycles. The lowest BCUT2D eigenvalue weighted by molar-refractivity contribution is -0.0365. The maximum Gasteiger partial charge on any atom is 0.181 e. The minimum atomic E-state index is -0.713. The minimum Gasteiger partial charge on any atom is -0.399 e. The number of fused-ring (bicyclic) bond motifs is 1. The highest BCUT2D eigenvalue weighted by molar-refractivity contribution is 5.96. The fraction of sp³-hybridized carbons (Fsp3) is 0.154. The Morgan fingerprint density at radius 2 is 1.39 bits per heavy atom. The summed E-state index contributed by atoms with van der Waals surface area (Å²) in [6, 6.07) is 45.8. The van der Waals surface area contributed by atoms with Crippen LogP contribution in [0.2, 0.25) is 0 Å². The van der Waals surface area contributed by atoms with E-state index in [1.807, 2.05) is 41.1 Å². The van der Waals surface area contributed by atoms with E-state index >= 15 is 0 Å². The quantitative estimate of drug-likeness (QED) is 0.142. The SMILES string of the molecule is Nc1cccc(-c2nn(C3CCCCO3)c3ccc(-c4n[nH]c(C(c5ccccc5)(c5ccccc5)c5ccccc5)n4)cc23)c1. The number of hydrogen-bond donors (Lipinski definition) is 2. The van der Waals surface area contributed by atoms with Crippen molar-refractivity contribution in [2.75, 3.05) is 12.3 Å². The molecule has 1 fully saturated rings. The number of anilines is 1. The van der Waals surface area contributed by atoms with Gasteiger partial charge in [-0.05, 0) is 66.3 Å². The third kappa shape index (κ3) is 4.76. The lowest BCUT2D eigenvalue weighted by Crippen LogP contribution is -2.32. The maximum absolute atomic E-state index is 6.21. The van der Waals surface area contributed by atoms with Gasteiger partial charge in [0.05, 0.1) is 5.52 Å². The molecule has 7 heteroatoms. The first-order chi connectivity index (χ1) is 22.7. The fourth-order valence-corrected chi connectivity index (χ4v) is 6.85. The van der Waals surface area contributed by atoms with Gasteiger partial charge in [-0.2, -0.15) is 10.2 Å². The predicted molar refractivity (Wildman–Crippen MR) is 182 cm³/mol. The standard InChI is InChI=1S/C39H34N6O/c40-32-20-12-13-27(25-32)36-33-26-28(22-23-34(33)45(44-36)35-21-10-11-24-46-35)37-41-38(43-42-37)39(29-14-4-1-5-15-29,30-16-6-2-7-17-30)31-18-8-3-9-19-31/h1-9,12-20,22-23,25-26,35H,10-11,21,24,40H2,(H,41,42,43). The molecule has 0 bridgehead atoms. The summed E-state index contributed by atoms with van der Waals surface area (Å²) >= 11 is 0. The van der Waals surface area contributed by atoms with Crippen molar-refractivity contribution < 1.29 is 4.74 Å². The summed E-state index contributed by atoms with van der Waals surface area (Å²) < 4.78 is 8.21. The largest absolute Gasteiger partial charge is 0.399 e. The summed E-state index contributed by atoms with van der Waals surface area (Å²) in [7, 11) is 0. The number of ether oxygens (including phenoxy) is 1. The lowest BCUT2D eigenvalue weighted by atomic mass is 9.69. The summed E-state index contributed by atoms with van der Waals surface area (Å²) in [5.41, 5.74) is 13.2. The molecule has 7 nitrogen and oxygen atoms in total. The Bertz CT molecular complexity index is 2000. The van der Waals surface area contributed by atoms with Crippen LogP contribution in [0.3, 0.4) is 0 Å². The van der Waals surface area contributed by atoms with Crippen LogP contribution in [-0.2, 0) is 10.2 Å². The first kappa shape index (κ1) is 28.0. The number of aromatic amines is 1. The zero-order valence-electron chi connectivity index (χ0n) is 25.4. The van der Waals surface area contributed by atoms with E-state index < -0.39 is 5.41 Å². The Morgan fingerprint density at radius 1 is 0.717 bits per heavy atom. The van der Waals surface area contributed by atoms with Crippen LogP contribution in [-0.4, -0.2) is 31.6 Å². The van der Waals surface area contributed by atoms with E-state index in [1.54, 1.807) is 0 Å². The molecule has 5 aromatic carbocycles. The van der Waals surface area contributed by atoms with E-state index in [0.717, 1.165) is 76.1 Å². The van der Waals surface area contributed by atoms with E-state index in [1.165, 1.54) is 0 Å². The molecule has 1 aliphatic rings. The van der Waals surface area contributed by atoms with Gasteiger partial charge in [-0.25, -0.2) is 9.67 Å². The molecular formula is C39H34N6O. The number of benzene rings is 5. The van der Waals surface area contributed by atoms with Crippen LogP contribution >= 0.6 is 0 Å². The van der Waals surface area contributed by atoms with Gasteiger partial charge in [-0.3, -0.25) is 5.10 Å². The molecule has 1 atom stereocenters. The van der Waals surface area contributed by atoms with Gasteiger partial charge >= 0.3 is 0 Å². The summed E-state index contributed by atoms with van der Waals surface area (Å²) in [5.74, 6) is 1.36.